The van der Waals surface area contributed by atoms with Crippen LogP contribution >= 0.6 is 0 Å². The second-order valence-corrected chi connectivity index (χ2v) is 4.18. The Labute approximate surface area is 95.4 Å². The number of rotatable bonds is 5. The number of carbonyl (C=O) groups is 1. The molecule has 0 N–H and O–H groups in total. The molecule has 0 radical (unpaired) electrons. The molecule has 16 heavy (non-hydrogen) atoms. The lowest BCUT2D eigenvalue weighted by Crippen LogP contribution is -2.01. The Bertz CT molecular complexity index is 394. The molecule has 1 fully saturated rings. The summed E-state index contributed by atoms with van der Waals surface area (Å²) in [6.07, 6.45) is 3.05. The zero-order valence-corrected chi connectivity index (χ0v) is 9.66. The maximum atomic E-state index is 11.0. The second kappa shape index (κ2) is 4.56. The summed E-state index contributed by atoms with van der Waals surface area (Å²) >= 11 is 0. The van der Waals surface area contributed by atoms with Gasteiger partial charge >= 0.3 is 0 Å². The highest BCUT2D eigenvalue weighted by Gasteiger charge is 2.24. The van der Waals surface area contributed by atoms with Crippen molar-refractivity contribution in [3.63, 3.8) is 0 Å². The lowest BCUT2D eigenvalue weighted by atomic mass is 10.1. The molecule has 0 aromatic heterocycles. The fraction of sp³-hybridized carbons (Fsp3) is 0.462. The van der Waals surface area contributed by atoms with Crippen LogP contribution in [0.15, 0.2) is 18.2 Å². The van der Waals surface area contributed by atoms with Gasteiger partial charge in [0.25, 0.3) is 0 Å². The fourth-order valence-corrected chi connectivity index (χ4v) is 1.57. The molecule has 1 aliphatic rings. The number of carbonyl (C=O) groups excluding carboxylic acids is 1. The number of benzene rings is 1. The molecule has 0 atom stereocenters. The number of hydrogen-bond acceptors (Lipinski definition) is 3. The normalized spacial score (nSPS) is 14.6. The first-order chi connectivity index (χ1) is 7.69. The summed E-state index contributed by atoms with van der Waals surface area (Å²) in [5.41, 5.74) is 0.965. The minimum atomic E-state index is 0.151. The molecule has 1 aromatic rings. The first kappa shape index (κ1) is 11.0. The quantitative estimate of drug-likeness (QED) is 0.764. The zero-order chi connectivity index (χ0) is 11.5. The molecule has 0 amide bonds. The van der Waals surface area contributed by atoms with Gasteiger partial charge < -0.3 is 9.47 Å². The van der Waals surface area contributed by atoms with Gasteiger partial charge in [0.05, 0.1) is 13.2 Å². The molecular weight excluding hydrogens is 204 g/mol. The van der Waals surface area contributed by atoms with Crippen molar-refractivity contribution < 1.29 is 14.3 Å². The monoisotopic (exact) mass is 220 g/mol. The van der Waals surface area contributed by atoms with E-state index in [-0.39, 0.29) is 5.78 Å². The minimum Gasteiger partial charge on any atom is -0.493 e. The topological polar surface area (TPSA) is 35.5 Å². The van der Waals surface area contributed by atoms with Gasteiger partial charge in [0.2, 0.25) is 0 Å². The summed E-state index contributed by atoms with van der Waals surface area (Å²) < 4.78 is 11.0. The van der Waals surface area contributed by atoms with Crippen molar-refractivity contribution in [3.05, 3.63) is 23.8 Å². The second-order valence-electron chi connectivity index (χ2n) is 4.18. The van der Waals surface area contributed by atoms with Crippen LogP contribution in [0.1, 0.15) is 25.3 Å². The van der Waals surface area contributed by atoms with E-state index in [0.29, 0.717) is 18.3 Å². The van der Waals surface area contributed by atoms with E-state index in [4.69, 9.17) is 9.47 Å². The van der Waals surface area contributed by atoms with E-state index < -0.39 is 0 Å². The van der Waals surface area contributed by atoms with Crippen LogP contribution in [0.4, 0.5) is 0 Å². The molecule has 3 nitrogen and oxygen atoms in total. The molecular formula is C13H16O3. The number of Topliss-reactive ketones (excluding diaryl/α,β-unsaturated/α-hetero) is 1. The van der Waals surface area contributed by atoms with Gasteiger partial charge in [-0.2, -0.15) is 0 Å². The molecule has 0 unspecified atom stereocenters. The number of hydrogen-bond donors (Lipinski definition) is 0. The summed E-state index contributed by atoms with van der Waals surface area (Å²) in [6, 6.07) is 5.68. The van der Waals surface area contributed by atoms with E-state index >= 15 is 0 Å². The average Bonchev–Trinajstić information content (AvgIpc) is 3.03. The molecule has 2 rings (SSSR count). The highest BCUT2D eigenvalue weighted by molar-refractivity contribution is 5.78. The van der Waals surface area contributed by atoms with Gasteiger partial charge in [0.1, 0.15) is 5.78 Å². The van der Waals surface area contributed by atoms with Crippen LogP contribution < -0.4 is 9.47 Å². The number of ether oxygens (including phenoxy) is 2. The van der Waals surface area contributed by atoms with Crippen molar-refractivity contribution in [3.8, 4) is 11.5 Å². The van der Waals surface area contributed by atoms with Gasteiger partial charge in [-0.1, -0.05) is 6.07 Å². The molecule has 0 heterocycles. The van der Waals surface area contributed by atoms with E-state index in [1.54, 1.807) is 14.0 Å². The lowest BCUT2D eigenvalue weighted by Gasteiger charge is -2.11. The van der Waals surface area contributed by atoms with Gasteiger partial charge in [-0.05, 0) is 37.5 Å². The molecule has 1 saturated carbocycles. The van der Waals surface area contributed by atoms with Crippen LogP contribution in [-0.4, -0.2) is 19.0 Å². The fourth-order valence-electron chi connectivity index (χ4n) is 1.57. The van der Waals surface area contributed by atoms with Gasteiger partial charge in [0.15, 0.2) is 11.5 Å². The predicted octanol–water partition coefficient (Wildman–Crippen LogP) is 2.37. The summed E-state index contributed by atoms with van der Waals surface area (Å²) in [7, 11) is 1.62. The van der Waals surface area contributed by atoms with E-state index in [1.165, 1.54) is 0 Å². The van der Waals surface area contributed by atoms with Gasteiger partial charge in [-0.3, -0.25) is 4.79 Å². The molecule has 0 bridgehead atoms. The Hall–Kier alpha value is -1.51. The zero-order valence-electron chi connectivity index (χ0n) is 9.66. The van der Waals surface area contributed by atoms with Crippen LogP contribution in [0.25, 0.3) is 0 Å². The Morgan fingerprint density at radius 3 is 2.69 bits per heavy atom. The van der Waals surface area contributed by atoms with Gasteiger partial charge in [-0.15, -0.1) is 0 Å². The Morgan fingerprint density at radius 1 is 1.38 bits per heavy atom. The smallest absolute Gasteiger partial charge is 0.161 e. The van der Waals surface area contributed by atoms with Crippen molar-refractivity contribution in [2.24, 2.45) is 0 Å². The van der Waals surface area contributed by atoms with Crippen LogP contribution in [-0.2, 0) is 11.2 Å². The molecule has 0 spiro atoms. The lowest BCUT2D eigenvalue weighted by molar-refractivity contribution is -0.116. The highest BCUT2D eigenvalue weighted by atomic mass is 16.5. The molecule has 0 aliphatic heterocycles. The van der Waals surface area contributed by atoms with Crippen molar-refractivity contribution in [1.29, 1.82) is 0 Å². The standard InChI is InChI=1S/C13H16O3/c1-9(14)7-10-3-6-12(13(8-10)15-2)16-11-4-5-11/h3,6,8,11H,4-5,7H2,1-2H3. The Kier molecular flexibility index (Phi) is 3.13. The van der Waals surface area contributed by atoms with E-state index in [2.05, 4.69) is 0 Å². The number of methoxy groups -OCH3 is 1. The van der Waals surface area contributed by atoms with Crippen LogP contribution in [0.5, 0.6) is 11.5 Å². The van der Waals surface area contributed by atoms with Gasteiger partial charge in [0, 0.05) is 6.42 Å². The average molecular weight is 220 g/mol. The number of ketones is 1. The predicted molar refractivity (Wildman–Crippen MR) is 61.0 cm³/mol. The van der Waals surface area contributed by atoms with Crippen molar-refractivity contribution in [2.45, 2.75) is 32.3 Å². The first-order valence-corrected chi connectivity index (χ1v) is 5.52. The molecule has 86 valence electrons. The van der Waals surface area contributed by atoms with E-state index in [1.807, 2.05) is 18.2 Å². The van der Waals surface area contributed by atoms with Gasteiger partial charge in [-0.25, -0.2) is 0 Å². The van der Waals surface area contributed by atoms with Crippen molar-refractivity contribution in [1.82, 2.24) is 0 Å². The summed E-state index contributed by atoms with van der Waals surface area (Å²) in [4.78, 5) is 11.0. The van der Waals surface area contributed by atoms with Crippen molar-refractivity contribution >= 4 is 5.78 Å². The summed E-state index contributed by atoms with van der Waals surface area (Å²) in [5.74, 6) is 1.64. The SMILES string of the molecule is COc1cc(CC(C)=O)ccc1OC1CC1. The molecule has 1 aliphatic carbocycles. The largest absolute Gasteiger partial charge is 0.493 e. The third kappa shape index (κ3) is 2.75. The van der Waals surface area contributed by atoms with Crippen molar-refractivity contribution in [2.75, 3.05) is 7.11 Å². The van der Waals surface area contributed by atoms with E-state index in [9.17, 15) is 4.79 Å². The molecule has 3 heteroatoms. The first-order valence-electron chi connectivity index (χ1n) is 5.52. The highest BCUT2D eigenvalue weighted by Crippen LogP contribution is 2.34. The third-order valence-electron chi connectivity index (χ3n) is 2.50. The van der Waals surface area contributed by atoms with Crippen LogP contribution in [0.2, 0.25) is 0 Å². The molecule has 0 saturated heterocycles. The minimum absolute atomic E-state index is 0.151. The Balaban J connectivity index is 2.15. The van der Waals surface area contributed by atoms with Crippen LogP contribution in [0.3, 0.4) is 0 Å². The maximum Gasteiger partial charge on any atom is 0.161 e. The summed E-state index contributed by atoms with van der Waals surface area (Å²) in [6.45, 7) is 1.58. The third-order valence-corrected chi connectivity index (χ3v) is 2.50. The molecule has 1 aromatic carbocycles. The van der Waals surface area contributed by atoms with E-state index in [0.717, 1.165) is 24.2 Å². The Morgan fingerprint density at radius 2 is 2.12 bits per heavy atom. The maximum absolute atomic E-state index is 11.0. The van der Waals surface area contributed by atoms with Crippen LogP contribution in [0, 0.1) is 0 Å². The summed E-state index contributed by atoms with van der Waals surface area (Å²) in [5, 5.41) is 0.